The Morgan fingerprint density at radius 1 is 0.581 bits per heavy atom. The molecule has 0 aliphatic carbocycles. The summed E-state index contributed by atoms with van der Waals surface area (Å²) in [6, 6.07) is 40.9. The normalized spacial score (nSPS) is 12.4. The van der Waals surface area contributed by atoms with Crippen molar-refractivity contribution in [2.45, 2.75) is 6.92 Å². The number of hydrogen-bond acceptors (Lipinski definition) is 2. The molecule has 0 saturated carbocycles. The van der Waals surface area contributed by atoms with Gasteiger partial charge >= 0.3 is 186 Å². The summed E-state index contributed by atoms with van der Waals surface area (Å²) < 4.78 is 11.0. The van der Waals surface area contributed by atoms with Crippen LogP contribution in [0.4, 0.5) is 0 Å². The summed E-state index contributed by atoms with van der Waals surface area (Å²) in [4.78, 5) is 13.4. The molecule has 0 amide bonds. The van der Waals surface area contributed by atoms with Crippen molar-refractivity contribution in [1.82, 2.24) is 0 Å². The molecule has 0 atom stereocenters. The Morgan fingerprint density at radius 3 is 1.06 bits per heavy atom. The molecular weight excluding hydrogens is 490 g/mol. The number of hydrogen-bond donors (Lipinski definition) is 0. The van der Waals surface area contributed by atoms with Crippen molar-refractivity contribution >= 4 is 37.8 Å². The van der Waals surface area contributed by atoms with E-state index in [-0.39, 0.29) is 5.97 Å². The zero-order valence-electron chi connectivity index (χ0n) is 17.5. The molecular formula is C28H25O2Sb. The van der Waals surface area contributed by atoms with E-state index in [1.807, 2.05) is 72.8 Å². The molecule has 2 nitrogen and oxygen atoms in total. The number of rotatable bonds is 6. The Morgan fingerprint density at radius 2 is 0.839 bits per heavy atom. The third-order valence-electron chi connectivity index (χ3n) is 5.61. The van der Waals surface area contributed by atoms with Crippen LogP contribution in [0.1, 0.15) is 6.92 Å². The van der Waals surface area contributed by atoms with Gasteiger partial charge in [-0.15, -0.1) is 0 Å². The minimum atomic E-state index is -5.08. The van der Waals surface area contributed by atoms with Crippen LogP contribution in [0.15, 0.2) is 133 Å². The Labute approximate surface area is 185 Å². The number of benzene rings is 4. The van der Waals surface area contributed by atoms with E-state index < -0.39 is 17.8 Å². The van der Waals surface area contributed by atoms with Crippen LogP contribution in [0.25, 0.3) is 0 Å². The molecule has 4 rings (SSSR count). The van der Waals surface area contributed by atoms with Gasteiger partial charge in [0.15, 0.2) is 0 Å². The molecule has 0 aromatic heterocycles. The van der Waals surface area contributed by atoms with Crippen molar-refractivity contribution in [2.75, 3.05) is 0 Å². The summed E-state index contributed by atoms with van der Waals surface area (Å²) in [5.74, 6) is -0.373. The summed E-state index contributed by atoms with van der Waals surface area (Å²) in [5, 5.41) is 0. The third kappa shape index (κ3) is 3.32. The van der Waals surface area contributed by atoms with Gasteiger partial charge in [0.05, 0.1) is 0 Å². The van der Waals surface area contributed by atoms with E-state index in [1.165, 1.54) is 0 Å². The average Bonchev–Trinajstić information content (AvgIpc) is 2.85. The van der Waals surface area contributed by atoms with Crippen molar-refractivity contribution < 1.29 is 7.81 Å². The molecule has 0 spiro atoms. The SMILES string of the molecule is C=C(C)C(=O)[O][Sb]([c]1ccccc1)([c]1ccccc1)([c]1ccccc1)[c]1ccccc1. The van der Waals surface area contributed by atoms with Crippen molar-refractivity contribution in [1.29, 1.82) is 0 Å². The predicted octanol–water partition coefficient (Wildman–Crippen LogP) is 3.63. The molecule has 0 N–H and O–H groups in total. The fourth-order valence-electron chi connectivity index (χ4n) is 4.20. The zero-order chi connectivity index (χ0) is 21.8. The van der Waals surface area contributed by atoms with E-state index in [2.05, 4.69) is 55.1 Å². The molecule has 0 aliphatic rings. The van der Waals surface area contributed by atoms with Crippen LogP contribution in [-0.4, -0.2) is 23.8 Å². The number of carbonyl (C=O) groups excluding carboxylic acids is 1. The Kier molecular flexibility index (Phi) is 5.85. The molecule has 0 bridgehead atoms. The first kappa shape index (κ1) is 21.2. The Hall–Kier alpha value is -3.09. The molecule has 0 radical (unpaired) electrons. The molecule has 4 aromatic carbocycles. The second-order valence-electron chi connectivity index (χ2n) is 7.54. The molecule has 3 heteroatoms. The van der Waals surface area contributed by atoms with Gasteiger partial charge in [0.1, 0.15) is 0 Å². The van der Waals surface area contributed by atoms with Gasteiger partial charge in [-0.1, -0.05) is 0 Å². The minimum absolute atomic E-state index is 0.373. The van der Waals surface area contributed by atoms with E-state index in [9.17, 15) is 4.79 Å². The monoisotopic (exact) mass is 514 g/mol. The standard InChI is InChI=1S/4C6H5.C4H6O2.Sb/c4*1-2-4-6-5-3-1;1-3(2)4(5)6;/h4*1-5H;1H2,2H3,(H,5,6);/q;;;;;+1/p-1. The van der Waals surface area contributed by atoms with Crippen molar-refractivity contribution in [3.05, 3.63) is 133 Å². The Balaban J connectivity index is 2.30. The third-order valence-corrected chi connectivity index (χ3v) is 21.8. The molecule has 0 fully saturated rings. The second-order valence-corrected chi connectivity index (χ2v) is 19.9. The topological polar surface area (TPSA) is 26.3 Å². The molecule has 4 aromatic rings. The first-order chi connectivity index (χ1) is 15.1. The molecule has 0 saturated heterocycles. The van der Waals surface area contributed by atoms with Crippen LogP contribution in [0.2, 0.25) is 0 Å². The maximum atomic E-state index is 13.4. The first-order valence-corrected chi connectivity index (χ1v) is 16.4. The van der Waals surface area contributed by atoms with Crippen LogP contribution in [0.3, 0.4) is 0 Å². The molecule has 0 unspecified atom stereocenters. The van der Waals surface area contributed by atoms with Crippen LogP contribution < -0.4 is 14.0 Å². The molecule has 0 heterocycles. The first-order valence-electron chi connectivity index (χ1n) is 10.2. The van der Waals surface area contributed by atoms with Crippen LogP contribution >= 0.6 is 0 Å². The number of carbonyl (C=O) groups is 1. The van der Waals surface area contributed by atoms with Crippen molar-refractivity contribution in [3.63, 3.8) is 0 Å². The van der Waals surface area contributed by atoms with Gasteiger partial charge in [0.25, 0.3) is 0 Å². The van der Waals surface area contributed by atoms with Gasteiger partial charge in [0.2, 0.25) is 0 Å². The summed E-state index contributed by atoms with van der Waals surface area (Å²) in [6.45, 7) is 5.61. The zero-order valence-corrected chi connectivity index (χ0v) is 20.1. The average molecular weight is 515 g/mol. The quantitative estimate of drug-likeness (QED) is 0.290. The second kappa shape index (κ2) is 8.57. The van der Waals surface area contributed by atoms with Crippen LogP contribution in [0.5, 0.6) is 0 Å². The van der Waals surface area contributed by atoms with Gasteiger partial charge in [-0.05, 0) is 0 Å². The van der Waals surface area contributed by atoms with Gasteiger partial charge in [-0.25, -0.2) is 0 Å². The molecule has 31 heavy (non-hydrogen) atoms. The molecule has 154 valence electrons. The summed E-state index contributed by atoms with van der Waals surface area (Å²) in [5.41, 5.74) is 0.386. The van der Waals surface area contributed by atoms with Gasteiger partial charge in [-0.3, -0.25) is 0 Å². The fourth-order valence-corrected chi connectivity index (χ4v) is 20.4. The predicted molar refractivity (Wildman–Crippen MR) is 131 cm³/mol. The van der Waals surface area contributed by atoms with E-state index in [0.29, 0.717) is 5.57 Å². The molecule has 0 aliphatic heterocycles. The van der Waals surface area contributed by atoms with Crippen molar-refractivity contribution in [2.24, 2.45) is 0 Å². The van der Waals surface area contributed by atoms with Crippen molar-refractivity contribution in [3.8, 4) is 0 Å². The van der Waals surface area contributed by atoms with Gasteiger partial charge < -0.3 is 0 Å². The van der Waals surface area contributed by atoms with E-state index in [4.69, 9.17) is 3.02 Å². The summed E-state index contributed by atoms with van der Waals surface area (Å²) in [6.07, 6.45) is 0. The summed E-state index contributed by atoms with van der Waals surface area (Å²) >= 11 is -5.08. The summed E-state index contributed by atoms with van der Waals surface area (Å²) in [7, 11) is 0. The van der Waals surface area contributed by atoms with Gasteiger partial charge in [0, 0.05) is 0 Å². The van der Waals surface area contributed by atoms with E-state index in [1.54, 1.807) is 6.92 Å². The maximum absolute atomic E-state index is 13.4. The van der Waals surface area contributed by atoms with E-state index >= 15 is 0 Å². The van der Waals surface area contributed by atoms with E-state index in [0.717, 1.165) is 14.0 Å². The van der Waals surface area contributed by atoms with Crippen LogP contribution in [-0.2, 0) is 7.81 Å². The van der Waals surface area contributed by atoms with Crippen LogP contribution in [0, 0.1) is 0 Å². The fraction of sp³-hybridized carbons (Fsp3) is 0.0357. The van der Waals surface area contributed by atoms with Gasteiger partial charge in [-0.2, -0.15) is 0 Å². The Bertz CT molecular complexity index is 1020.